The lowest BCUT2D eigenvalue weighted by atomic mass is 10.1. The second kappa shape index (κ2) is 3.21. The first kappa shape index (κ1) is 8.68. The van der Waals surface area contributed by atoms with Crippen LogP contribution in [0.1, 0.15) is 0 Å². The van der Waals surface area contributed by atoms with Gasteiger partial charge in [0.25, 0.3) is 0 Å². The molecule has 2 aromatic carbocycles. The normalized spacial score (nSPS) is 11.0. The van der Waals surface area contributed by atoms with Gasteiger partial charge in [0.1, 0.15) is 0 Å². The van der Waals surface area contributed by atoms with Crippen molar-refractivity contribution in [3.05, 3.63) is 36.4 Å². The average molecular weight is 214 g/mol. The summed E-state index contributed by atoms with van der Waals surface area (Å²) in [5.74, 6) is 0. The van der Waals surface area contributed by atoms with Crippen molar-refractivity contribution in [1.82, 2.24) is 4.98 Å². The maximum Gasteiger partial charge on any atom is 0.183 e. The minimum Gasteiger partial charge on any atom is -0.365 e. The molecule has 3 aromatic rings. The fourth-order valence-corrected chi connectivity index (χ4v) is 2.60. The average Bonchev–Trinajstić information content (AvgIpc) is 2.72. The molecule has 1 heterocycles. The SMILES string of the molecule is CNc1nc2c(ccc3ccccc32)s1. The Morgan fingerprint density at radius 2 is 2.00 bits per heavy atom. The third-order valence-electron chi connectivity index (χ3n) is 2.50. The van der Waals surface area contributed by atoms with Crippen molar-refractivity contribution in [2.24, 2.45) is 0 Å². The van der Waals surface area contributed by atoms with E-state index >= 15 is 0 Å². The van der Waals surface area contributed by atoms with Gasteiger partial charge in [-0.2, -0.15) is 0 Å². The van der Waals surface area contributed by atoms with E-state index in [-0.39, 0.29) is 0 Å². The van der Waals surface area contributed by atoms with E-state index in [9.17, 15) is 0 Å². The summed E-state index contributed by atoms with van der Waals surface area (Å²) < 4.78 is 1.23. The molecule has 0 spiro atoms. The monoisotopic (exact) mass is 214 g/mol. The smallest absolute Gasteiger partial charge is 0.183 e. The number of fused-ring (bicyclic) bond motifs is 3. The molecule has 2 nitrogen and oxygen atoms in total. The number of thiazole rings is 1. The largest absolute Gasteiger partial charge is 0.365 e. The molecule has 1 aromatic heterocycles. The van der Waals surface area contributed by atoms with Gasteiger partial charge < -0.3 is 5.32 Å². The number of nitrogens with zero attached hydrogens (tertiary/aromatic N) is 1. The van der Waals surface area contributed by atoms with Crippen LogP contribution in [0.15, 0.2) is 36.4 Å². The summed E-state index contributed by atoms with van der Waals surface area (Å²) in [6.45, 7) is 0. The molecular formula is C12H10N2S. The van der Waals surface area contributed by atoms with E-state index in [1.807, 2.05) is 7.05 Å². The molecule has 0 saturated heterocycles. The molecule has 0 radical (unpaired) electrons. The third kappa shape index (κ3) is 1.27. The van der Waals surface area contributed by atoms with Gasteiger partial charge in [0.2, 0.25) is 0 Å². The molecule has 0 aliphatic rings. The van der Waals surface area contributed by atoms with Gasteiger partial charge in [-0.05, 0) is 11.5 Å². The highest BCUT2D eigenvalue weighted by Crippen LogP contribution is 2.31. The Morgan fingerprint density at radius 3 is 2.87 bits per heavy atom. The molecular weight excluding hydrogens is 204 g/mol. The summed E-state index contributed by atoms with van der Waals surface area (Å²) in [5, 5.41) is 6.54. The summed E-state index contributed by atoms with van der Waals surface area (Å²) in [6, 6.07) is 12.6. The van der Waals surface area contributed by atoms with Crippen LogP contribution < -0.4 is 5.32 Å². The number of rotatable bonds is 1. The lowest BCUT2D eigenvalue weighted by molar-refractivity contribution is 1.42. The van der Waals surface area contributed by atoms with Crippen LogP contribution in [-0.4, -0.2) is 12.0 Å². The second-order valence-corrected chi connectivity index (χ2v) is 4.43. The number of hydrogen-bond acceptors (Lipinski definition) is 3. The van der Waals surface area contributed by atoms with Crippen molar-refractivity contribution in [3.63, 3.8) is 0 Å². The zero-order chi connectivity index (χ0) is 10.3. The van der Waals surface area contributed by atoms with E-state index in [0.717, 1.165) is 10.6 Å². The summed E-state index contributed by atoms with van der Waals surface area (Å²) in [7, 11) is 1.90. The van der Waals surface area contributed by atoms with Crippen LogP contribution in [0.5, 0.6) is 0 Å². The summed E-state index contributed by atoms with van der Waals surface area (Å²) in [4.78, 5) is 4.57. The molecule has 3 heteroatoms. The summed E-state index contributed by atoms with van der Waals surface area (Å²) >= 11 is 1.69. The minimum atomic E-state index is 0.973. The number of hydrogen-bond donors (Lipinski definition) is 1. The van der Waals surface area contributed by atoms with Crippen molar-refractivity contribution in [3.8, 4) is 0 Å². The molecule has 0 aliphatic heterocycles. The number of benzene rings is 2. The fourth-order valence-electron chi connectivity index (χ4n) is 1.77. The number of nitrogens with one attached hydrogen (secondary N) is 1. The highest BCUT2D eigenvalue weighted by molar-refractivity contribution is 7.22. The maximum absolute atomic E-state index is 4.57. The van der Waals surface area contributed by atoms with Gasteiger partial charge in [0.05, 0.1) is 10.2 Å². The van der Waals surface area contributed by atoms with Gasteiger partial charge >= 0.3 is 0 Å². The number of aromatic nitrogens is 1. The molecule has 0 aliphatic carbocycles. The van der Waals surface area contributed by atoms with Crippen LogP contribution in [-0.2, 0) is 0 Å². The first-order valence-electron chi connectivity index (χ1n) is 4.84. The topological polar surface area (TPSA) is 24.9 Å². The zero-order valence-corrected chi connectivity index (χ0v) is 9.14. The zero-order valence-electron chi connectivity index (χ0n) is 8.32. The van der Waals surface area contributed by atoms with Crippen LogP contribution in [0, 0.1) is 0 Å². The summed E-state index contributed by atoms with van der Waals surface area (Å²) in [5.41, 5.74) is 1.10. The van der Waals surface area contributed by atoms with Crippen molar-refractivity contribution in [1.29, 1.82) is 0 Å². The lowest BCUT2D eigenvalue weighted by Gasteiger charge is -1.96. The highest BCUT2D eigenvalue weighted by atomic mass is 32.1. The van der Waals surface area contributed by atoms with Gasteiger partial charge in [0.15, 0.2) is 5.13 Å². The molecule has 0 bridgehead atoms. The van der Waals surface area contributed by atoms with Crippen LogP contribution in [0.2, 0.25) is 0 Å². The van der Waals surface area contributed by atoms with E-state index in [2.05, 4.69) is 46.7 Å². The van der Waals surface area contributed by atoms with Crippen LogP contribution in [0.25, 0.3) is 21.0 Å². The van der Waals surface area contributed by atoms with E-state index in [0.29, 0.717) is 0 Å². The molecule has 0 atom stereocenters. The predicted octanol–water partition coefficient (Wildman–Crippen LogP) is 3.49. The van der Waals surface area contributed by atoms with Crippen molar-refractivity contribution in [2.75, 3.05) is 12.4 Å². The molecule has 1 N–H and O–H groups in total. The standard InChI is InChI=1S/C12H10N2S/c1-13-12-14-11-9-5-3-2-4-8(9)6-7-10(11)15-12/h2-7H,1H3,(H,13,14). The Balaban J connectivity index is 2.47. The van der Waals surface area contributed by atoms with Crippen LogP contribution in [0.3, 0.4) is 0 Å². The van der Waals surface area contributed by atoms with E-state index in [1.165, 1.54) is 15.5 Å². The molecule has 3 rings (SSSR count). The second-order valence-electron chi connectivity index (χ2n) is 3.40. The predicted molar refractivity (Wildman–Crippen MR) is 66.7 cm³/mol. The molecule has 15 heavy (non-hydrogen) atoms. The van der Waals surface area contributed by atoms with Gasteiger partial charge in [-0.1, -0.05) is 41.7 Å². The van der Waals surface area contributed by atoms with Crippen molar-refractivity contribution in [2.45, 2.75) is 0 Å². The van der Waals surface area contributed by atoms with Crippen LogP contribution >= 0.6 is 11.3 Å². The molecule has 0 unspecified atom stereocenters. The van der Waals surface area contributed by atoms with Gasteiger partial charge in [-0.15, -0.1) is 0 Å². The molecule has 74 valence electrons. The first-order chi connectivity index (χ1) is 7.38. The number of anilines is 1. The van der Waals surface area contributed by atoms with Gasteiger partial charge in [-0.3, -0.25) is 0 Å². The third-order valence-corrected chi connectivity index (χ3v) is 3.54. The molecule has 0 amide bonds. The molecule has 0 saturated carbocycles. The van der Waals surface area contributed by atoms with Crippen molar-refractivity contribution >= 4 is 37.5 Å². The quantitative estimate of drug-likeness (QED) is 0.670. The van der Waals surface area contributed by atoms with Crippen molar-refractivity contribution < 1.29 is 0 Å². The molecule has 0 fully saturated rings. The Kier molecular flexibility index (Phi) is 1.86. The highest BCUT2D eigenvalue weighted by Gasteiger charge is 2.05. The first-order valence-corrected chi connectivity index (χ1v) is 5.66. The van der Waals surface area contributed by atoms with E-state index < -0.39 is 0 Å². The van der Waals surface area contributed by atoms with E-state index in [1.54, 1.807) is 11.3 Å². The van der Waals surface area contributed by atoms with Crippen LogP contribution in [0.4, 0.5) is 5.13 Å². The fraction of sp³-hybridized carbons (Fsp3) is 0.0833. The Morgan fingerprint density at radius 1 is 1.13 bits per heavy atom. The minimum absolute atomic E-state index is 0.973. The Labute approximate surface area is 91.6 Å². The summed E-state index contributed by atoms with van der Waals surface area (Å²) in [6.07, 6.45) is 0. The Hall–Kier alpha value is -1.61. The van der Waals surface area contributed by atoms with Gasteiger partial charge in [-0.25, -0.2) is 4.98 Å². The van der Waals surface area contributed by atoms with E-state index in [4.69, 9.17) is 0 Å². The lowest BCUT2D eigenvalue weighted by Crippen LogP contribution is -1.84. The Bertz CT molecular complexity index is 628. The van der Waals surface area contributed by atoms with Gasteiger partial charge in [0, 0.05) is 12.4 Å². The maximum atomic E-state index is 4.57.